The molecule has 0 spiro atoms. The smallest absolute Gasteiger partial charge is 0.251 e. The lowest BCUT2D eigenvalue weighted by Crippen LogP contribution is -2.44. The van der Waals surface area contributed by atoms with Gasteiger partial charge in [0.2, 0.25) is 5.91 Å². The zero-order valence-corrected chi connectivity index (χ0v) is 13.9. The van der Waals surface area contributed by atoms with E-state index in [4.69, 9.17) is 4.74 Å². The van der Waals surface area contributed by atoms with Crippen molar-refractivity contribution < 1.29 is 9.53 Å². The molecule has 122 valence electrons. The Morgan fingerprint density at radius 1 is 1.48 bits per heavy atom. The highest BCUT2D eigenvalue weighted by Crippen LogP contribution is 2.23. The Balaban J connectivity index is 1.83. The maximum absolute atomic E-state index is 12.7. The van der Waals surface area contributed by atoms with Crippen LogP contribution in [0.3, 0.4) is 0 Å². The molecule has 8 heteroatoms. The number of aromatic nitrogens is 3. The van der Waals surface area contributed by atoms with Crippen LogP contribution in [0.1, 0.15) is 28.3 Å². The van der Waals surface area contributed by atoms with Crippen LogP contribution in [0, 0.1) is 13.8 Å². The molecule has 1 amide bonds. The van der Waals surface area contributed by atoms with Gasteiger partial charge in [-0.05, 0) is 13.8 Å². The molecule has 23 heavy (non-hydrogen) atoms. The minimum atomic E-state index is -0.336. The average molecular weight is 334 g/mol. The predicted molar refractivity (Wildman–Crippen MR) is 85.4 cm³/mol. The molecule has 1 atom stereocenters. The molecule has 1 aliphatic rings. The lowest BCUT2D eigenvalue weighted by atomic mass is 10.1. The van der Waals surface area contributed by atoms with Crippen LogP contribution in [0.2, 0.25) is 0 Å². The second-order valence-electron chi connectivity index (χ2n) is 5.47. The van der Waals surface area contributed by atoms with Gasteiger partial charge >= 0.3 is 0 Å². The zero-order valence-electron chi connectivity index (χ0n) is 13.0. The summed E-state index contributed by atoms with van der Waals surface area (Å²) in [6.07, 6.45) is 0.253. The number of nitrogens with zero attached hydrogens (tertiary/aromatic N) is 3. The second-order valence-corrected chi connectivity index (χ2v) is 6.53. The number of rotatable bonds is 3. The largest absolute Gasteiger partial charge is 0.377 e. The Morgan fingerprint density at radius 2 is 2.30 bits per heavy atom. The summed E-state index contributed by atoms with van der Waals surface area (Å²) >= 11 is 1.53. The quantitative estimate of drug-likeness (QED) is 0.904. The first kappa shape index (κ1) is 15.8. The van der Waals surface area contributed by atoms with E-state index < -0.39 is 0 Å². The summed E-state index contributed by atoms with van der Waals surface area (Å²) in [5, 5.41) is 2.84. The van der Waals surface area contributed by atoms with Gasteiger partial charge in [-0.2, -0.15) is 0 Å². The van der Waals surface area contributed by atoms with Crippen molar-refractivity contribution in [2.45, 2.75) is 26.3 Å². The standard InChI is InChI=1S/C15H18N4O3S/c1-9-16-12(6-14(20)17-9)13-7-22-4-3-19(13)15(21)5-11-8-23-10(2)18-11/h6,8,13H,3-5,7H2,1-2H3,(H,16,17,20)/t13-/m0/s1. The van der Waals surface area contributed by atoms with Crippen molar-refractivity contribution in [2.75, 3.05) is 19.8 Å². The van der Waals surface area contributed by atoms with Crippen molar-refractivity contribution in [3.05, 3.63) is 44.0 Å². The molecule has 3 rings (SSSR count). The van der Waals surface area contributed by atoms with Crippen LogP contribution in [-0.2, 0) is 16.0 Å². The lowest BCUT2D eigenvalue weighted by molar-refractivity contribution is -0.139. The van der Waals surface area contributed by atoms with Crippen molar-refractivity contribution in [1.29, 1.82) is 0 Å². The van der Waals surface area contributed by atoms with E-state index in [2.05, 4.69) is 15.0 Å². The number of thiazole rings is 1. The van der Waals surface area contributed by atoms with Gasteiger partial charge in [0.25, 0.3) is 5.56 Å². The highest BCUT2D eigenvalue weighted by molar-refractivity contribution is 7.09. The van der Waals surface area contributed by atoms with E-state index in [1.165, 1.54) is 17.4 Å². The number of amides is 1. The van der Waals surface area contributed by atoms with Gasteiger partial charge < -0.3 is 14.6 Å². The van der Waals surface area contributed by atoms with Gasteiger partial charge in [-0.3, -0.25) is 9.59 Å². The predicted octanol–water partition coefficient (Wildman–Crippen LogP) is 0.986. The van der Waals surface area contributed by atoms with Crippen molar-refractivity contribution in [3.63, 3.8) is 0 Å². The number of hydrogen-bond donors (Lipinski definition) is 1. The van der Waals surface area contributed by atoms with E-state index in [1.807, 2.05) is 12.3 Å². The normalized spacial score (nSPS) is 18.2. The number of carbonyl (C=O) groups is 1. The summed E-state index contributed by atoms with van der Waals surface area (Å²) in [6.45, 7) is 4.95. The summed E-state index contributed by atoms with van der Waals surface area (Å²) in [7, 11) is 0. The number of carbonyl (C=O) groups excluding carboxylic acids is 1. The van der Waals surface area contributed by atoms with Crippen molar-refractivity contribution in [1.82, 2.24) is 19.9 Å². The number of aryl methyl sites for hydroxylation is 2. The van der Waals surface area contributed by atoms with Crippen LogP contribution in [-0.4, -0.2) is 45.5 Å². The third kappa shape index (κ3) is 3.65. The van der Waals surface area contributed by atoms with Crippen LogP contribution in [0.5, 0.6) is 0 Å². The molecule has 1 N–H and O–H groups in total. The summed E-state index contributed by atoms with van der Waals surface area (Å²) in [4.78, 5) is 37.4. The Labute approximate surface area is 137 Å². The summed E-state index contributed by atoms with van der Waals surface area (Å²) in [5.41, 5.74) is 1.12. The molecule has 3 heterocycles. The molecule has 0 bridgehead atoms. The number of hydrogen-bond acceptors (Lipinski definition) is 6. The molecule has 0 unspecified atom stereocenters. The van der Waals surface area contributed by atoms with E-state index in [-0.39, 0.29) is 23.9 Å². The van der Waals surface area contributed by atoms with Crippen molar-refractivity contribution in [3.8, 4) is 0 Å². The summed E-state index contributed by atoms with van der Waals surface area (Å²) < 4.78 is 5.49. The molecule has 1 fully saturated rings. The van der Waals surface area contributed by atoms with Gasteiger partial charge in [0.05, 0.1) is 42.1 Å². The van der Waals surface area contributed by atoms with E-state index >= 15 is 0 Å². The Kier molecular flexibility index (Phi) is 4.53. The fourth-order valence-electron chi connectivity index (χ4n) is 2.67. The van der Waals surface area contributed by atoms with Gasteiger partial charge in [-0.25, -0.2) is 9.97 Å². The maximum Gasteiger partial charge on any atom is 0.251 e. The van der Waals surface area contributed by atoms with Crippen LogP contribution >= 0.6 is 11.3 Å². The van der Waals surface area contributed by atoms with E-state index in [9.17, 15) is 9.59 Å². The van der Waals surface area contributed by atoms with E-state index in [0.717, 1.165) is 10.7 Å². The number of nitrogens with one attached hydrogen (secondary N) is 1. The topological polar surface area (TPSA) is 88.2 Å². The second kappa shape index (κ2) is 6.59. The molecule has 7 nitrogen and oxygen atoms in total. The van der Waals surface area contributed by atoms with Gasteiger partial charge in [-0.1, -0.05) is 0 Å². The summed E-state index contributed by atoms with van der Waals surface area (Å²) in [5.74, 6) is 0.504. The average Bonchev–Trinajstić information content (AvgIpc) is 2.91. The maximum atomic E-state index is 12.7. The molecule has 0 saturated carbocycles. The summed E-state index contributed by atoms with van der Waals surface area (Å²) in [6, 6.07) is 1.09. The van der Waals surface area contributed by atoms with E-state index in [0.29, 0.717) is 31.3 Å². The third-order valence-corrected chi connectivity index (χ3v) is 4.49. The van der Waals surface area contributed by atoms with Crippen LogP contribution in [0.25, 0.3) is 0 Å². The van der Waals surface area contributed by atoms with Gasteiger partial charge in [0.1, 0.15) is 5.82 Å². The monoisotopic (exact) mass is 334 g/mol. The highest BCUT2D eigenvalue weighted by Gasteiger charge is 2.30. The molecule has 2 aromatic rings. The third-order valence-electron chi connectivity index (χ3n) is 3.67. The molecule has 0 aliphatic carbocycles. The molecule has 1 aliphatic heterocycles. The Morgan fingerprint density at radius 3 is 3.00 bits per heavy atom. The molecule has 1 saturated heterocycles. The molecule has 0 aromatic carbocycles. The lowest BCUT2D eigenvalue weighted by Gasteiger charge is -2.35. The van der Waals surface area contributed by atoms with Gasteiger partial charge in [0, 0.05) is 18.0 Å². The Hall–Kier alpha value is -2.06. The van der Waals surface area contributed by atoms with Gasteiger partial charge in [0.15, 0.2) is 0 Å². The van der Waals surface area contributed by atoms with Crippen LogP contribution in [0.15, 0.2) is 16.2 Å². The Bertz CT molecular complexity index is 770. The van der Waals surface area contributed by atoms with Crippen LogP contribution < -0.4 is 5.56 Å². The van der Waals surface area contributed by atoms with Crippen molar-refractivity contribution >= 4 is 17.2 Å². The van der Waals surface area contributed by atoms with Crippen molar-refractivity contribution in [2.24, 2.45) is 0 Å². The fraction of sp³-hybridized carbons (Fsp3) is 0.467. The SMILES string of the molecule is Cc1nc([C@@H]2COCCN2C(=O)Cc2csc(C)n2)cc(=O)[nH]1. The molecular weight excluding hydrogens is 316 g/mol. The molecule has 2 aromatic heterocycles. The minimum Gasteiger partial charge on any atom is -0.377 e. The number of ether oxygens (including phenoxy) is 1. The molecule has 0 radical (unpaired) electrons. The fourth-order valence-corrected chi connectivity index (χ4v) is 3.28. The first-order chi connectivity index (χ1) is 11.0. The number of H-pyrrole nitrogens is 1. The zero-order chi connectivity index (χ0) is 16.4. The number of aromatic amines is 1. The highest BCUT2D eigenvalue weighted by atomic mass is 32.1. The van der Waals surface area contributed by atoms with Crippen LogP contribution in [0.4, 0.5) is 0 Å². The van der Waals surface area contributed by atoms with Gasteiger partial charge in [-0.15, -0.1) is 11.3 Å². The van der Waals surface area contributed by atoms with E-state index in [1.54, 1.807) is 11.8 Å². The number of morpholine rings is 1. The minimum absolute atomic E-state index is 0.0247. The first-order valence-electron chi connectivity index (χ1n) is 7.39. The first-order valence-corrected chi connectivity index (χ1v) is 8.27. The molecular formula is C15H18N4O3S.